The van der Waals surface area contributed by atoms with Crippen molar-refractivity contribution >= 4 is 5.91 Å². The molecule has 0 radical (unpaired) electrons. The molecule has 0 saturated heterocycles. The Labute approximate surface area is 175 Å². The van der Waals surface area contributed by atoms with Crippen LogP contribution in [0.4, 0.5) is 13.2 Å². The number of carbonyl (C=O) groups excluding carboxylic acids is 1. The second-order valence-electron chi connectivity index (χ2n) is 7.27. The largest absolute Gasteiger partial charge is 0.433 e. The molecule has 3 heterocycles. The Morgan fingerprint density at radius 3 is 2.90 bits per heavy atom. The van der Waals surface area contributed by atoms with E-state index < -0.39 is 11.9 Å². The minimum Gasteiger partial charge on any atom is -0.344 e. The van der Waals surface area contributed by atoms with E-state index in [2.05, 4.69) is 20.5 Å². The molecule has 3 aromatic rings. The highest BCUT2D eigenvalue weighted by Crippen LogP contribution is 2.32. The van der Waals surface area contributed by atoms with Gasteiger partial charge in [-0.3, -0.25) is 14.5 Å². The number of nitriles is 1. The van der Waals surface area contributed by atoms with E-state index in [0.717, 1.165) is 29.9 Å². The number of fused-ring (bicyclic) bond motifs is 1. The molecule has 1 aliphatic rings. The van der Waals surface area contributed by atoms with Crippen LogP contribution in [-0.2, 0) is 26.1 Å². The van der Waals surface area contributed by atoms with Crippen LogP contribution in [0.3, 0.4) is 0 Å². The minimum atomic E-state index is -4.55. The van der Waals surface area contributed by atoms with Crippen LogP contribution >= 0.6 is 0 Å². The zero-order valence-electron chi connectivity index (χ0n) is 16.5. The van der Waals surface area contributed by atoms with Crippen molar-refractivity contribution in [3.8, 4) is 11.8 Å². The second-order valence-corrected chi connectivity index (χ2v) is 7.27. The third-order valence-electron chi connectivity index (χ3n) is 5.13. The van der Waals surface area contributed by atoms with Crippen LogP contribution in [0.15, 0.2) is 30.6 Å². The molecule has 3 aromatic heterocycles. The SMILES string of the molecule is Cn1nc(CC#N)cc1C(=O)N[C@H]1CCCc2nn(-c3ccnc(C(F)(F)F)c3)cc21. The van der Waals surface area contributed by atoms with Gasteiger partial charge >= 0.3 is 6.18 Å². The number of nitrogens with one attached hydrogen (secondary N) is 1. The molecule has 160 valence electrons. The maximum absolute atomic E-state index is 13.0. The van der Waals surface area contributed by atoms with Crippen molar-refractivity contribution in [3.05, 3.63) is 58.9 Å². The number of hydrogen-bond donors (Lipinski definition) is 1. The summed E-state index contributed by atoms with van der Waals surface area (Å²) < 4.78 is 41.8. The lowest BCUT2D eigenvalue weighted by Crippen LogP contribution is -2.31. The van der Waals surface area contributed by atoms with Crippen molar-refractivity contribution in [2.24, 2.45) is 7.05 Å². The summed E-state index contributed by atoms with van der Waals surface area (Å²) in [7, 11) is 1.63. The average Bonchev–Trinajstić information content (AvgIpc) is 3.32. The van der Waals surface area contributed by atoms with Crippen molar-refractivity contribution in [3.63, 3.8) is 0 Å². The molecule has 1 aliphatic carbocycles. The Kier molecular flexibility index (Phi) is 5.22. The molecule has 0 aliphatic heterocycles. The van der Waals surface area contributed by atoms with E-state index in [1.807, 2.05) is 6.07 Å². The Morgan fingerprint density at radius 1 is 1.35 bits per heavy atom. The monoisotopic (exact) mass is 429 g/mol. The summed E-state index contributed by atoms with van der Waals surface area (Å²) in [6.07, 6.45) is 0.435. The molecule has 0 fully saturated rings. The van der Waals surface area contributed by atoms with E-state index in [1.165, 1.54) is 15.4 Å². The summed E-state index contributed by atoms with van der Waals surface area (Å²) in [6, 6.07) is 5.63. The van der Waals surface area contributed by atoms with E-state index >= 15 is 0 Å². The van der Waals surface area contributed by atoms with Gasteiger partial charge in [-0.15, -0.1) is 0 Å². The van der Waals surface area contributed by atoms with E-state index in [0.29, 0.717) is 24.2 Å². The molecule has 0 bridgehead atoms. The second kappa shape index (κ2) is 7.86. The third-order valence-corrected chi connectivity index (χ3v) is 5.13. The average molecular weight is 429 g/mol. The Balaban J connectivity index is 1.59. The summed E-state index contributed by atoms with van der Waals surface area (Å²) >= 11 is 0. The van der Waals surface area contributed by atoms with Gasteiger partial charge in [0.2, 0.25) is 0 Å². The van der Waals surface area contributed by atoms with Gasteiger partial charge in [0.15, 0.2) is 0 Å². The maximum atomic E-state index is 13.0. The van der Waals surface area contributed by atoms with Crippen molar-refractivity contribution < 1.29 is 18.0 Å². The van der Waals surface area contributed by atoms with Gasteiger partial charge < -0.3 is 5.32 Å². The summed E-state index contributed by atoms with van der Waals surface area (Å²) in [5.74, 6) is -0.340. The van der Waals surface area contributed by atoms with Gasteiger partial charge in [0.25, 0.3) is 5.91 Å². The maximum Gasteiger partial charge on any atom is 0.433 e. The number of pyridine rings is 1. The standard InChI is InChI=1S/C20H18F3N7O/c1-29-17(9-12(27-29)5-7-24)19(31)26-15-3-2-4-16-14(15)11-30(28-16)13-6-8-25-18(10-13)20(21,22)23/h6,8-11,15H,2-5H2,1H3,(H,26,31)/t15-/m0/s1. The molecule has 0 unspecified atom stereocenters. The first-order chi connectivity index (χ1) is 14.8. The molecule has 1 atom stereocenters. The van der Waals surface area contributed by atoms with Crippen LogP contribution in [-0.4, -0.2) is 30.5 Å². The summed E-state index contributed by atoms with van der Waals surface area (Å²) in [6.45, 7) is 0. The topological polar surface area (TPSA) is 101 Å². The van der Waals surface area contributed by atoms with Crippen LogP contribution in [0.1, 0.15) is 52.0 Å². The van der Waals surface area contributed by atoms with Crippen molar-refractivity contribution in [1.29, 1.82) is 5.26 Å². The summed E-state index contributed by atoms with van der Waals surface area (Å²) in [5.41, 5.74) is 1.59. The molecule has 11 heteroatoms. The first-order valence-corrected chi connectivity index (χ1v) is 9.59. The predicted molar refractivity (Wildman–Crippen MR) is 102 cm³/mol. The molecule has 0 aromatic carbocycles. The van der Waals surface area contributed by atoms with Crippen molar-refractivity contribution in [2.45, 2.75) is 37.9 Å². The quantitative estimate of drug-likeness (QED) is 0.687. The number of rotatable bonds is 4. The summed E-state index contributed by atoms with van der Waals surface area (Å²) in [4.78, 5) is 16.2. The fraction of sp³-hybridized carbons (Fsp3) is 0.350. The zero-order chi connectivity index (χ0) is 22.2. The minimum absolute atomic E-state index is 0.104. The normalized spacial score (nSPS) is 15.9. The number of amides is 1. The van der Waals surface area contributed by atoms with Crippen LogP contribution in [0, 0.1) is 11.3 Å². The van der Waals surface area contributed by atoms with Crippen molar-refractivity contribution in [2.75, 3.05) is 0 Å². The number of nitrogens with zero attached hydrogens (tertiary/aromatic N) is 6. The summed E-state index contributed by atoms with van der Waals surface area (Å²) in [5, 5.41) is 20.4. The number of aryl methyl sites for hydroxylation is 2. The van der Waals surface area contributed by atoms with Gasteiger partial charge in [0.05, 0.1) is 35.6 Å². The first-order valence-electron chi connectivity index (χ1n) is 9.59. The molecule has 1 amide bonds. The van der Waals surface area contributed by atoms with Crippen LogP contribution in [0.5, 0.6) is 0 Å². The highest BCUT2D eigenvalue weighted by atomic mass is 19.4. The van der Waals surface area contributed by atoms with Gasteiger partial charge in [-0.2, -0.15) is 28.6 Å². The fourth-order valence-corrected chi connectivity index (χ4v) is 3.68. The van der Waals surface area contributed by atoms with Crippen molar-refractivity contribution in [1.82, 2.24) is 29.9 Å². The van der Waals surface area contributed by atoms with Gasteiger partial charge in [-0.25, -0.2) is 4.68 Å². The lowest BCUT2D eigenvalue weighted by molar-refractivity contribution is -0.141. The van der Waals surface area contributed by atoms with E-state index in [1.54, 1.807) is 19.3 Å². The Hall–Kier alpha value is -3.68. The molecule has 4 rings (SSSR count). The fourth-order valence-electron chi connectivity index (χ4n) is 3.68. The van der Waals surface area contributed by atoms with Gasteiger partial charge in [-0.1, -0.05) is 0 Å². The molecule has 1 N–H and O–H groups in total. The first kappa shape index (κ1) is 20.6. The number of halogens is 3. The Morgan fingerprint density at radius 2 is 2.16 bits per heavy atom. The molecular weight excluding hydrogens is 411 g/mol. The molecule has 0 saturated carbocycles. The number of hydrogen-bond acceptors (Lipinski definition) is 5. The molecule has 31 heavy (non-hydrogen) atoms. The van der Waals surface area contributed by atoms with Gasteiger partial charge in [0.1, 0.15) is 11.4 Å². The number of carbonyl (C=O) groups is 1. The lowest BCUT2D eigenvalue weighted by Gasteiger charge is -2.22. The number of aromatic nitrogens is 5. The highest BCUT2D eigenvalue weighted by Gasteiger charge is 2.33. The Bertz CT molecular complexity index is 1170. The molecule has 0 spiro atoms. The third kappa shape index (κ3) is 4.14. The van der Waals surface area contributed by atoms with E-state index in [-0.39, 0.29) is 24.1 Å². The van der Waals surface area contributed by atoms with Gasteiger partial charge in [-0.05, 0) is 37.5 Å². The molecule has 8 nitrogen and oxygen atoms in total. The van der Waals surface area contributed by atoms with Crippen LogP contribution in [0.25, 0.3) is 5.69 Å². The highest BCUT2D eigenvalue weighted by molar-refractivity contribution is 5.93. The zero-order valence-corrected chi connectivity index (χ0v) is 16.5. The smallest absolute Gasteiger partial charge is 0.344 e. The predicted octanol–water partition coefficient (Wildman–Crippen LogP) is 2.89. The van der Waals surface area contributed by atoms with Crippen LogP contribution < -0.4 is 5.32 Å². The lowest BCUT2D eigenvalue weighted by atomic mass is 9.93. The van der Waals surface area contributed by atoms with E-state index in [9.17, 15) is 18.0 Å². The number of alkyl halides is 3. The van der Waals surface area contributed by atoms with Crippen LogP contribution in [0.2, 0.25) is 0 Å². The molecular formula is C20H18F3N7O. The van der Waals surface area contributed by atoms with Gasteiger partial charge in [0, 0.05) is 25.0 Å². The van der Waals surface area contributed by atoms with E-state index in [4.69, 9.17) is 5.26 Å².